The summed E-state index contributed by atoms with van der Waals surface area (Å²) in [6.07, 6.45) is 1.49. The SMILES string of the molecule is COCC1(C(=O)NCc2cc(F)ccc2Br)CCNCC1.Cl. The normalized spacial score (nSPS) is 16.7. The number of amides is 1. The minimum Gasteiger partial charge on any atom is -0.384 e. The summed E-state index contributed by atoms with van der Waals surface area (Å²) in [4.78, 5) is 12.6. The summed E-state index contributed by atoms with van der Waals surface area (Å²) in [6.45, 7) is 2.32. The summed E-state index contributed by atoms with van der Waals surface area (Å²) in [6, 6.07) is 4.46. The standard InChI is InChI=1S/C15H20BrFN2O2.ClH/c1-21-10-15(4-6-18-7-5-15)14(20)19-9-11-8-12(17)2-3-13(11)16;/h2-3,8,18H,4-7,9-10H2,1H3,(H,19,20);1H. The highest BCUT2D eigenvalue weighted by Gasteiger charge is 2.39. The van der Waals surface area contributed by atoms with Crippen molar-refractivity contribution in [2.45, 2.75) is 19.4 Å². The molecule has 0 radical (unpaired) electrons. The lowest BCUT2D eigenvalue weighted by molar-refractivity contribution is -0.136. The zero-order valence-electron chi connectivity index (χ0n) is 12.5. The number of benzene rings is 1. The van der Waals surface area contributed by atoms with Gasteiger partial charge in [0.05, 0.1) is 12.0 Å². The molecule has 2 rings (SSSR count). The molecule has 1 aromatic rings. The van der Waals surface area contributed by atoms with Crippen LogP contribution in [0.3, 0.4) is 0 Å². The minimum absolute atomic E-state index is 0. The molecule has 0 saturated carbocycles. The molecule has 0 unspecified atom stereocenters. The summed E-state index contributed by atoms with van der Waals surface area (Å²) < 4.78 is 19.3. The minimum atomic E-state index is -0.486. The largest absolute Gasteiger partial charge is 0.384 e. The number of nitrogens with one attached hydrogen (secondary N) is 2. The van der Waals surface area contributed by atoms with Gasteiger partial charge in [-0.1, -0.05) is 15.9 Å². The van der Waals surface area contributed by atoms with Crippen LogP contribution in [-0.2, 0) is 16.1 Å². The van der Waals surface area contributed by atoms with Crippen molar-refractivity contribution in [1.29, 1.82) is 0 Å². The average molecular weight is 396 g/mol. The zero-order chi connectivity index (χ0) is 15.3. The first-order valence-corrected chi connectivity index (χ1v) is 7.78. The Labute approximate surface area is 144 Å². The van der Waals surface area contributed by atoms with E-state index in [1.807, 2.05) is 0 Å². The van der Waals surface area contributed by atoms with E-state index in [1.54, 1.807) is 13.2 Å². The van der Waals surface area contributed by atoms with Gasteiger partial charge in [-0.25, -0.2) is 4.39 Å². The highest BCUT2D eigenvalue weighted by molar-refractivity contribution is 9.10. The van der Waals surface area contributed by atoms with E-state index in [-0.39, 0.29) is 24.1 Å². The van der Waals surface area contributed by atoms with Crippen LogP contribution in [0.25, 0.3) is 0 Å². The molecule has 1 aliphatic rings. The first-order valence-electron chi connectivity index (χ1n) is 6.99. The quantitative estimate of drug-likeness (QED) is 0.806. The van der Waals surface area contributed by atoms with Gasteiger partial charge in [0.15, 0.2) is 0 Å². The fraction of sp³-hybridized carbons (Fsp3) is 0.533. The number of piperidine rings is 1. The number of rotatable bonds is 5. The van der Waals surface area contributed by atoms with Crippen molar-refractivity contribution in [2.75, 3.05) is 26.8 Å². The number of carbonyl (C=O) groups excluding carboxylic acids is 1. The topological polar surface area (TPSA) is 50.4 Å². The third-order valence-corrected chi connectivity index (χ3v) is 4.68. The van der Waals surface area contributed by atoms with E-state index in [1.165, 1.54) is 12.1 Å². The maximum absolute atomic E-state index is 13.3. The lowest BCUT2D eigenvalue weighted by Gasteiger charge is -2.35. The molecule has 22 heavy (non-hydrogen) atoms. The van der Waals surface area contributed by atoms with E-state index >= 15 is 0 Å². The number of methoxy groups -OCH3 is 1. The van der Waals surface area contributed by atoms with E-state index in [9.17, 15) is 9.18 Å². The van der Waals surface area contributed by atoms with Crippen LogP contribution in [0, 0.1) is 11.2 Å². The molecule has 7 heteroatoms. The second-order valence-corrected chi connectivity index (χ2v) is 6.24. The molecule has 1 aliphatic heterocycles. The smallest absolute Gasteiger partial charge is 0.228 e. The van der Waals surface area contributed by atoms with Crippen molar-refractivity contribution >= 4 is 34.2 Å². The summed E-state index contributed by atoms with van der Waals surface area (Å²) in [7, 11) is 1.61. The van der Waals surface area contributed by atoms with Crippen molar-refractivity contribution < 1.29 is 13.9 Å². The van der Waals surface area contributed by atoms with Crippen molar-refractivity contribution in [2.24, 2.45) is 5.41 Å². The maximum Gasteiger partial charge on any atom is 0.228 e. The van der Waals surface area contributed by atoms with Gasteiger partial charge in [-0.2, -0.15) is 0 Å². The van der Waals surface area contributed by atoms with E-state index in [0.717, 1.165) is 36.0 Å². The second kappa shape index (κ2) is 8.82. The highest BCUT2D eigenvalue weighted by Crippen LogP contribution is 2.29. The molecule has 2 N–H and O–H groups in total. The third kappa shape index (κ3) is 4.65. The number of hydrogen-bond acceptors (Lipinski definition) is 3. The van der Waals surface area contributed by atoms with Gasteiger partial charge in [-0.3, -0.25) is 4.79 Å². The van der Waals surface area contributed by atoms with Gasteiger partial charge < -0.3 is 15.4 Å². The van der Waals surface area contributed by atoms with E-state index in [4.69, 9.17) is 4.74 Å². The Kier molecular flexibility index (Phi) is 7.76. The van der Waals surface area contributed by atoms with Crippen molar-refractivity contribution in [3.63, 3.8) is 0 Å². The van der Waals surface area contributed by atoms with Crippen LogP contribution >= 0.6 is 28.3 Å². The number of ether oxygens (including phenoxy) is 1. The van der Waals surface area contributed by atoms with Crippen LogP contribution in [0.15, 0.2) is 22.7 Å². The van der Waals surface area contributed by atoms with Gasteiger partial charge >= 0.3 is 0 Å². The highest BCUT2D eigenvalue weighted by atomic mass is 79.9. The van der Waals surface area contributed by atoms with Gasteiger partial charge in [0.2, 0.25) is 5.91 Å². The summed E-state index contributed by atoms with van der Waals surface area (Å²) in [5.41, 5.74) is 0.240. The van der Waals surface area contributed by atoms with Crippen LogP contribution in [0.5, 0.6) is 0 Å². The Hall–Kier alpha value is -0.690. The molecular formula is C15H21BrClFN2O2. The van der Waals surface area contributed by atoms with Gasteiger partial charge in [-0.05, 0) is 49.7 Å². The van der Waals surface area contributed by atoms with Crippen molar-refractivity contribution in [1.82, 2.24) is 10.6 Å². The van der Waals surface area contributed by atoms with Crippen LogP contribution < -0.4 is 10.6 Å². The van der Waals surface area contributed by atoms with Gasteiger partial charge in [-0.15, -0.1) is 12.4 Å². The lowest BCUT2D eigenvalue weighted by Crippen LogP contribution is -2.50. The Morgan fingerprint density at radius 1 is 1.45 bits per heavy atom. The molecule has 0 spiro atoms. The zero-order valence-corrected chi connectivity index (χ0v) is 14.9. The average Bonchev–Trinajstić information content (AvgIpc) is 2.49. The van der Waals surface area contributed by atoms with Gasteiger partial charge in [0.1, 0.15) is 5.82 Å². The molecule has 124 valence electrons. The predicted molar refractivity (Wildman–Crippen MR) is 89.6 cm³/mol. The summed E-state index contributed by atoms with van der Waals surface area (Å²) in [5, 5.41) is 6.17. The van der Waals surface area contributed by atoms with E-state index < -0.39 is 5.41 Å². The monoisotopic (exact) mass is 394 g/mol. The number of hydrogen-bond donors (Lipinski definition) is 2. The molecule has 1 heterocycles. The fourth-order valence-electron chi connectivity index (χ4n) is 2.66. The maximum atomic E-state index is 13.3. The molecule has 1 aromatic carbocycles. The first kappa shape index (κ1) is 19.4. The predicted octanol–water partition coefficient (Wildman–Crippen LogP) is 2.64. The van der Waals surface area contributed by atoms with Crippen LogP contribution in [0.4, 0.5) is 4.39 Å². The summed E-state index contributed by atoms with van der Waals surface area (Å²) in [5.74, 6) is -0.335. The molecule has 1 fully saturated rings. The molecule has 0 bridgehead atoms. The van der Waals surface area contributed by atoms with E-state index in [0.29, 0.717) is 13.2 Å². The third-order valence-electron chi connectivity index (χ3n) is 3.91. The molecule has 1 saturated heterocycles. The van der Waals surface area contributed by atoms with Crippen LogP contribution in [-0.4, -0.2) is 32.7 Å². The second-order valence-electron chi connectivity index (χ2n) is 5.38. The first-order chi connectivity index (χ1) is 10.1. The molecular weight excluding hydrogens is 375 g/mol. The lowest BCUT2D eigenvalue weighted by atomic mass is 9.78. The molecule has 1 amide bonds. The Balaban J connectivity index is 0.00000242. The molecule has 0 atom stereocenters. The van der Waals surface area contributed by atoms with Gasteiger partial charge in [0.25, 0.3) is 0 Å². The van der Waals surface area contributed by atoms with E-state index in [2.05, 4.69) is 26.6 Å². The number of halogens is 3. The molecule has 0 aliphatic carbocycles. The summed E-state index contributed by atoms with van der Waals surface area (Å²) >= 11 is 3.37. The Morgan fingerprint density at radius 3 is 2.77 bits per heavy atom. The van der Waals surface area contributed by atoms with Gasteiger partial charge in [0, 0.05) is 18.1 Å². The van der Waals surface area contributed by atoms with Crippen molar-refractivity contribution in [3.05, 3.63) is 34.1 Å². The van der Waals surface area contributed by atoms with Crippen LogP contribution in [0.2, 0.25) is 0 Å². The fourth-order valence-corrected chi connectivity index (χ4v) is 3.05. The Morgan fingerprint density at radius 2 is 2.14 bits per heavy atom. The van der Waals surface area contributed by atoms with Crippen LogP contribution in [0.1, 0.15) is 18.4 Å². The molecule has 0 aromatic heterocycles. The number of carbonyl (C=O) groups is 1. The Bertz CT molecular complexity index is 505. The molecule has 4 nitrogen and oxygen atoms in total. The van der Waals surface area contributed by atoms with Crippen molar-refractivity contribution in [3.8, 4) is 0 Å².